The smallest absolute Gasteiger partial charge is 0.338 e. The van der Waals surface area contributed by atoms with Crippen molar-refractivity contribution in [3.05, 3.63) is 70.3 Å². The third-order valence-corrected chi connectivity index (χ3v) is 3.61. The summed E-state index contributed by atoms with van der Waals surface area (Å²) in [6.45, 7) is 2.17. The molecule has 0 saturated heterocycles. The maximum atomic E-state index is 12.7. The van der Waals surface area contributed by atoms with Gasteiger partial charge in [0.1, 0.15) is 0 Å². The number of esters is 1. The van der Waals surface area contributed by atoms with Crippen molar-refractivity contribution in [2.24, 2.45) is 0 Å². The Kier molecular flexibility index (Phi) is 3.59. The van der Waals surface area contributed by atoms with Crippen LogP contribution in [0.5, 0.6) is 0 Å². The molecule has 0 N–H and O–H groups in total. The Morgan fingerprint density at radius 2 is 1.55 bits per heavy atom. The van der Waals surface area contributed by atoms with E-state index in [1.165, 1.54) is 6.07 Å². The van der Waals surface area contributed by atoms with Gasteiger partial charge in [-0.25, -0.2) is 4.79 Å². The molecular weight excluding hydrogens is 280 g/mol. The number of fused-ring (bicyclic) bond motifs is 2. The van der Waals surface area contributed by atoms with Crippen LogP contribution in [0.25, 0.3) is 0 Å². The van der Waals surface area contributed by atoms with Gasteiger partial charge in [-0.1, -0.05) is 43.3 Å². The van der Waals surface area contributed by atoms with Crippen LogP contribution in [0.1, 0.15) is 55.5 Å². The van der Waals surface area contributed by atoms with Crippen molar-refractivity contribution < 1.29 is 19.1 Å². The molecule has 0 unspecified atom stereocenters. The van der Waals surface area contributed by atoms with Crippen LogP contribution in [0.3, 0.4) is 0 Å². The second kappa shape index (κ2) is 5.56. The van der Waals surface area contributed by atoms with E-state index in [0.29, 0.717) is 17.5 Å². The molecule has 0 bridgehead atoms. The maximum absolute atomic E-state index is 12.7. The average molecular weight is 294 g/mol. The van der Waals surface area contributed by atoms with E-state index in [1.54, 1.807) is 36.4 Å². The van der Waals surface area contributed by atoms with Gasteiger partial charge in [0, 0.05) is 22.3 Å². The highest BCUT2D eigenvalue weighted by Crippen LogP contribution is 2.29. The molecule has 0 aromatic heterocycles. The summed E-state index contributed by atoms with van der Waals surface area (Å²) < 4.78 is 5.11. The van der Waals surface area contributed by atoms with E-state index in [1.807, 2.05) is 6.92 Å². The predicted octanol–water partition coefficient (Wildman–Crippen LogP) is 3.03. The summed E-state index contributed by atoms with van der Waals surface area (Å²) in [5.41, 5.74) is 1.26. The Hall–Kier alpha value is -2.75. The molecule has 0 atom stereocenters. The van der Waals surface area contributed by atoms with E-state index in [2.05, 4.69) is 0 Å². The Morgan fingerprint density at radius 1 is 0.909 bits per heavy atom. The van der Waals surface area contributed by atoms with Crippen LogP contribution in [-0.2, 0) is 4.74 Å². The summed E-state index contributed by atoms with van der Waals surface area (Å²) in [5, 5.41) is 0. The van der Waals surface area contributed by atoms with Crippen LogP contribution in [0, 0.1) is 0 Å². The van der Waals surface area contributed by atoms with Crippen molar-refractivity contribution in [2.45, 2.75) is 13.3 Å². The van der Waals surface area contributed by atoms with Gasteiger partial charge >= 0.3 is 5.97 Å². The second-order valence-electron chi connectivity index (χ2n) is 5.07. The minimum absolute atomic E-state index is 0.146. The minimum Gasteiger partial charge on any atom is -0.462 e. The van der Waals surface area contributed by atoms with Gasteiger partial charge in [0.15, 0.2) is 11.6 Å². The van der Waals surface area contributed by atoms with Crippen molar-refractivity contribution in [3.8, 4) is 0 Å². The predicted molar refractivity (Wildman–Crippen MR) is 80.3 cm³/mol. The average Bonchev–Trinajstić information content (AvgIpc) is 2.57. The van der Waals surface area contributed by atoms with Crippen molar-refractivity contribution >= 4 is 17.5 Å². The molecule has 4 nitrogen and oxygen atoms in total. The molecule has 22 heavy (non-hydrogen) atoms. The standard InChI is InChI=1S/C18H14O4/c1-2-10-22-18(21)14-9-5-8-13-15(14)17(20)12-7-4-3-6-11(12)16(13)19/h3-9H,2,10H2,1H3. The van der Waals surface area contributed by atoms with Crippen molar-refractivity contribution in [1.82, 2.24) is 0 Å². The first-order chi connectivity index (χ1) is 10.6. The zero-order valence-corrected chi connectivity index (χ0v) is 12.1. The van der Waals surface area contributed by atoms with Gasteiger partial charge < -0.3 is 4.74 Å². The molecule has 110 valence electrons. The lowest BCUT2D eigenvalue weighted by Gasteiger charge is -2.19. The monoisotopic (exact) mass is 294 g/mol. The van der Waals surface area contributed by atoms with Gasteiger partial charge in [0.05, 0.1) is 12.2 Å². The number of ether oxygens (including phenoxy) is 1. The van der Waals surface area contributed by atoms with E-state index in [-0.39, 0.29) is 34.9 Å². The number of ketones is 2. The van der Waals surface area contributed by atoms with Crippen LogP contribution in [0.4, 0.5) is 0 Å². The van der Waals surface area contributed by atoms with E-state index < -0.39 is 5.97 Å². The largest absolute Gasteiger partial charge is 0.462 e. The quantitative estimate of drug-likeness (QED) is 0.697. The zero-order valence-electron chi connectivity index (χ0n) is 12.1. The van der Waals surface area contributed by atoms with Crippen LogP contribution in [0.2, 0.25) is 0 Å². The van der Waals surface area contributed by atoms with Crippen LogP contribution >= 0.6 is 0 Å². The molecule has 2 aromatic carbocycles. The van der Waals surface area contributed by atoms with Gasteiger partial charge in [0.25, 0.3) is 0 Å². The highest BCUT2D eigenvalue weighted by molar-refractivity contribution is 6.30. The normalized spacial score (nSPS) is 12.6. The summed E-state index contributed by atoms with van der Waals surface area (Å²) in [4.78, 5) is 37.4. The number of carbonyl (C=O) groups excluding carboxylic acids is 3. The van der Waals surface area contributed by atoms with Crippen LogP contribution < -0.4 is 0 Å². The van der Waals surface area contributed by atoms with Gasteiger partial charge in [-0.2, -0.15) is 0 Å². The molecule has 0 aliphatic heterocycles. The molecule has 0 spiro atoms. The summed E-state index contributed by atoms with van der Waals surface area (Å²) in [6, 6.07) is 11.3. The maximum Gasteiger partial charge on any atom is 0.338 e. The molecular formula is C18H14O4. The van der Waals surface area contributed by atoms with Crippen molar-refractivity contribution in [1.29, 1.82) is 0 Å². The van der Waals surface area contributed by atoms with E-state index in [0.717, 1.165) is 0 Å². The van der Waals surface area contributed by atoms with Crippen LogP contribution in [0.15, 0.2) is 42.5 Å². The molecule has 2 aromatic rings. The number of hydrogen-bond donors (Lipinski definition) is 0. The molecule has 0 radical (unpaired) electrons. The molecule has 4 heteroatoms. The molecule has 1 aliphatic rings. The third kappa shape index (κ3) is 2.13. The molecule has 3 rings (SSSR count). The fourth-order valence-corrected chi connectivity index (χ4v) is 2.59. The molecule has 0 amide bonds. The highest BCUT2D eigenvalue weighted by Gasteiger charge is 2.33. The fraction of sp³-hybridized carbons (Fsp3) is 0.167. The first-order valence-electron chi connectivity index (χ1n) is 7.13. The lowest BCUT2D eigenvalue weighted by Crippen LogP contribution is -2.24. The molecule has 0 fully saturated rings. The number of benzene rings is 2. The second-order valence-corrected chi connectivity index (χ2v) is 5.07. The molecule has 0 saturated carbocycles. The van der Waals surface area contributed by atoms with Crippen molar-refractivity contribution in [2.75, 3.05) is 6.61 Å². The number of rotatable bonds is 3. The van der Waals surface area contributed by atoms with E-state index >= 15 is 0 Å². The van der Waals surface area contributed by atoms with Gasteiger partial charge in [-0.15, -0.1) is 0 Å². The minimum atomic E-state index is -0.570. The lowest BCUT2D eigenvalue weighted by molar-refractivity contribution is 0.0502. The summed E-state index contributed by atoms with van der Waals surface area (Å²) in [7, 11) is 0. The topological polar surface area (TPSA) is 60.4 Å². The third-order valence-electron chi connectivity index (χ3n) is 3.61. The Bertz CT molecular complexity index is 789. The summed E-state index contributed by atoms with van der Waals surface area (Å²) >= 11 is 0. The zero-order chi connectivity index (χ0) is 15.7. The Labute approximate surface area is 127 Å². The SMILES string of the molecule is CCCOC(=O)c1cccc2c1C(=O)c1ccccc1C2=O. The molecule has 0 heterocycles. The fourth-order valence-electron chi connectivity index (χ4n) is 2.59. The van der Waals surface area contributed by atoms with Crippen molar-refractivity contribution in [3.63, 3.8) is 0 Å². The molecule has 1 aliphatic carbocycles. The first-order valence-corrected chi connectivity index (χ1v) is 7.13. The van der Waals surface area contributed by atoms with Gasteiger partial charge in [-0.05, 0) is 12.5 Å². The van der Waals surface area contributed by atoms with Crippen LogP contribution in [-0.4, -0.2) is 24.1 Å². The van der Waals surface area contributed by atoms with Gasteiger partial charge in [0.2, 0.25) is 0 Å². The van der Waals surface area contributed by atoms with Gasteiger partial charge in [-0.3, -0.25) is 9.59 Å². The van der Waals surface area contributed by atoms with E-state index in [9.17, 15) is 14.4 Å². The first kappa shape index (κ1) is 14.2. The number of hydrogen-bond acceptors (Lipinski definition) is 4. The number of carbonyl (C=O) groups is 3. The highest BCUT2D eigenvalue weighted by atomic mass is 16.5. The summed E-state index contributed by atoms with van der Waals surface area (Å²) in [6.07, 6.45) is 0.691. The lowest BCUT2D eigenvalue weighted by atomic mass is 9.82. The van der Waals surface area contributed by atoms with E-state index in [4.69, 9.17) is 4.74 Å². The Balaban J connectivity index is 2.15. The Morgan fingerprint density at radius 3 is 2.23 bits per heavy atom. The summed E-state index contributed by atoms with van der Waals surface area (Å²) in [5.74, 6) is -1.12.